The number of anilines is 1. The lowest BCUT2D eigenvalue weighted by Gasteiger charge is -2.24. The molecule has 130 valence electrons. The van der Waals surface area contributed by atoms with Crippen LogP contribution in [0.4, 0.5) is 5.82 Å². The molecule has 0 aliphatic heterocycles. The van der Waals surface area contributed by atoms with Crippen LogP contribution in [0.3, 0.4) is 0 Å². The minimum Gasteiger partial charge on any atom is -0.362 e. The highest BCUT2D eigenvalue weighted by Crippen LogP contribution is 2.31. The molecule has 4 aromatic rings. The number of rotatable bonds is 3. The lowest BCUT2D eigenvalue weighted by atomic mass is 9.93. The molecule has 1 N–H and O–H groups in total. The molecule has 0 radical (unpaired) electrons. The zero-order valence-corrected chi connectivity index (χ0v) is 14.5. The summed E-state index contributed by atoms with van der Waals surface area (Å²) < 4.78 is 3.78. The van der Waals surface area contributed by atoms with E-state index in [2.05, 4.69) is 20.6 Å². The van der Waals surface area contributed by atoms with Crippen LogP contribution in [0.25, 0.3) is 17.0 Å². The molecule has 0 unspecified atom stereocenters. The van der Waals surface area contributed by atoms with Crippen LogP contribution in [0, 0.1) is 0 Å². The quantitative estimate of drug-likeness (QED) is 0.618. The average Bonchev–Trinajstić information content (AvgIpc) is 3.27. The molecule has 0 amide bonds. The van der Waals surface area contributed by atoms with Gasteiger partial charge in [-0.05, 0) is 31.4 Å². The molecule has 7 nitrogen and oxygen atoms in total. The molecule has 0 spiro atoms. The maximum atomic E-state index is 4.74. The van der Waals surface area contributed by atoms with Gasteiger partial charge >= 0.3 is 0 Å². The largest absolute Gasteiger partial charge is 0.362 e. The molecule has 0 saturated heterocycles. The van der Waals surface area contributed by atoms with Crippen LogP contribution < -0.4 is 5.32 Å². The SMILES string of the molecule is Cn1ncc2c1CCC[C@H]2Nc1ccc2nnc(-c3ccccc3)n2n1. The maximum absolute atomic E-state index is 4.74. The molecule has 1 aromatic carbocycles. The molecule has 0 saturated carbocycles. The van der Waals surface area contributed by atoms with Crippen molar-refractivity contribution in [1.82, 2.24) is 29.6 Å². The molecule has 3 heterocycles. The Labute approximate surface area is 150 Å². The van der Waals surface area contributed by atoms with E-state index in [1.165, 1.54) is 11.3 Å². The molecule has 0 fully saturated rings. The summed E-state index contributed by atoms with van der Waals surface area (Å²) in [5.74, 6) is 1.56. The lowest BCUT2D eigenvalue weighted by molar-refractivity contribution is 0.569. The van der Waals surface area contributed by atoms with Crippen LogP contribution in [-0.4, -0.2) is 29.6 Å². The van der Waals surface area contributed by atoms with Gasteiger partial charge < -0.3 is 5.32 Å². The monoisotopic (exact) mass is 345 g/mol. The topological polar surface area (TPSA) is 72.9 Å². The van der Waals surface area contributed by atoms with Gasteiger partial charge in [0, 0.05) is 23.9 Å². The van der Waals surface area contributed by atoms with Crippen molar-refractivity contribution < 1.29 is 0 Å². The number of nitrogens with zero attached hydrogens (tertiary/aromatic N) is 6. The summed E-state index contributed by atoms with van der Waals surface area (Å²) in [7, 11) is 2.01. The highest BCUT2D eigenvalue weighted by molar-refractivity contribution is 5.59. The average molecular weight is 345 g/mol. The number of hydrogen-bond acceptors (Lipinski definition) is 5. The summed E-state index contributed by atoms with van der Waals surface area (Å²) in [6, 6.07) is 14.1. The molecule has 3 aromatic heterocycles. The third kappa shape index (κ3) is 2.44. The number of benzene rings is 1. The number of aryl methyl sites for hydroxylation is 1. The molecular formula is C19H19N7. The van der Waals surface area contributed by atoms with E-state index in [-0.39, 0.29) is 6.04 Å². The first-order valence-corrected chi connectivity index (χ1v) is 8.85. The van der Waals surface area contributed by atoms with Gasteiger partial charge in [0.1, 0.15) is 5.82 Å². The van der Waals surface area contributed by atoms with Gasteiger partial charge in [-0.15, -0.1) is 15.3 Å². The van der Waals surface area contributed by atoms with Crippen molar-refractivity contribution in [2.24, 2.45) is 7.05 Å². The van der Waals surface area contributed by atoms with Gasteiger partial charge in [-0.3, -0.25) is 4.68 Å². The van der Waals surface area contributed by atoms with Crippen LogP contribution in [0.1, 0.15) is 30.1 Å². The van der Waals surface area contributed by atoms with Crippen molar-refractivity contribution in [1.29, 1.82) is 0 Å². The second-order valence-corrected chi connectivity index (χ2v) is 6.64. The van der Waals surface area contributed by atoms with Gasteiger partial charge in [0.05, 0.1) is 12.2 Å². The summed E-state index contributed by atoms with van der Waals surface area (Å²) in [6.07, 6.45) is 5.28. The van der Waals surface area contributed by atoms with Crippen LogP contribution in [0.5, 0.6) is 0 Å². The van der Waals surface area contributed by atoms with E-state index in [0.29, 0.717) is 0 Å². The summed E-state index contributed by atoms with van der Waals surface area (Å²) in [4.78, 5) is 0. The molecule has 1 aliphatic rings. The number of nitrogens with one attached hydrogen (secondary N) is 1. The van der Waals surface area contributed by atoms with E-state index in [1.54, 1.807) is 4.52 Å². The van der Waals surface area contributed by atoms with Gasteiger partial charge in [-0.25, -0.2) is 0 Å². The fourth-order valence-electron chi connectivity index (χ4n) is 3.67. The first-order chi connectivity index (χ1) is 12.8. The zero-order valence-electron chi connectivity index (χ0n) is 14.5. The predicted molar refractivity (Wildman–Crippen MR) is 98.7 cm³/mol. The number of aromatic nitrogens is 6. The fourth-order valence-corrected chi connectivity index (χ4v) is 3.67. The second kappa shape index (κ2) is 5.94. The Morgan fingerprint density at radius 1 is 1.08 bits per heavy atom. The molecule has 1 atom stereocenters. The Balaban J connectivity index is 1.51. The van der Waals surface area contributed by atoms with E-state index in [0.717, 1.165) is 42.1 Å². The summed E-state index contributed by atoms with van der Waals surface area (Å²) in [5, 5.41) is 21.3. The van der Waals surface area contributed by atoms with E-state index >= 15 is 0 Å². The fraction of sp³-hybridized carbons (Fsp3) is 0.263. The number of fused-ring (bicyclic) bond motifs is 2. The van der Waals surface area contributed by atoms with Gasteiger partial charge in [0.15, 0.2) is 11.5 Å². The van der Waals surface area contributed by atoms with Crippen molar-refractivity contribution in [3.8, 4) is 11.4 Å². The third-order valence-corrected chi connectivity index (χ3v) is 4.99. The van der Waals surface area contributed by atoms with Gasteiger partial charge in [0.25, 0.3) is 0 Å². The third-order valence-electron chi connectivity index (χ3n) is 4.99. The smallest absolute Gasteiger partial charge is 0.185 e. The Kier molecular flexibility index (Phi) is 3.44. The molecule has 1 aliphatic carbocycles. The van der Waals surface area contributed by atoms with E-state index in [9.17, 15) is 0 Å². The minimum absolute atomic E-state index is 0.231. The number of hydrogen-bond donors (Lipinski definition) is 1. The molecule has 26 heavy (non-hydrogen) atoms. The van der Waals surface area contributed by atoms with Crippen molar-refractivity contribution >= 4 is 11.5 Å². The van der Waals surface area contributed by atoms with E-state index in [4.69, 9.17) is 5.10 Å². The van der Waals surface area contributed by atoms with Crippen molar-refractivity contribution in [3.05, 3.63) is 59.9 Å². The lowest BCUT2D eigenvalue weighted by Crippen LogP contribution is -2.18. The molecular weight excluding hydrogens is 326 g/mol. The van der Waals surface area contributed by atoms with Gasteiger partial charge in [-0.2, -0.15) is 9.61 Å². The highest BCUT2D eigenvalue weighted by Gasteiger charge is 2.23. The summed E-state index contributed by atoms with van der Waals surface area (Å²) in [6.45, 7) is 0. The molecule has 0 bridgehead atoms. The zero-order chi connectivity index (χ0) is 17.5. The van der Waals surface area contributed by atoms with Crippen molar-refractivity contribution in [2.45, 2.75) is 25.3 Å². The van der Waals surface area contributed by atoms with Crippen molar-refractivity contribution in [2.75, 3.05) is 5.32 Å². The van der Waals surface area contributed by atoms with Gasteiger partial charge in [0.2, 0.25) is 0 Å². The van der Waals surface area contributed by atoms with Crippen molar-refractivity contribution in [3.63, 3.8) is 0 Å². The maximum Gasteiger partial charge on any atom is 0.185 e. The Morgan fingerprint density at radius 2 is 1.96 bits per heavy atom. The summed E-state index contributed by atoms with van der Waals surface area (Å²) in [5.41, 5.74) is 4.31. The minimum atomic E-state index is 0.231. The molecule has 5 rings (SSSR count). The first kappa shape index (κ1) is 15.1. The normalized spacial score (nSPS) is 16.6. The van der Waals surface area contributed by atoms with Crippen LogP contribution >= 0.6 is 0 Å². The van der Waals surface area contributed by atoms with Crippen LogP contribution in [0.15, 0.2) is 48.7 Å². The predicted octanol–water partition coefficient (Wildman–Crippen LogP) is 3.01. The van der Waals surface area contributed by atoms with E-state index < -0.39 is 0 Å². The van der Waals surface area contributed by atoms with Crippen LogP contribution in [-0.2, 0) is 13.5 Å². The summed E-state index contributed by atoms with van der Waals surface area (Å²) >= 11 is 0. The standard InChI is InChI=1S/C19H19N7/c1-25-16-9-5-8-15(14(16)12-20-25)21-17-10-11-18-22-23-19(26(18)24-17)13-6-3-2-4-7-13/h2-4,6-7,10-12,15H,5,8-9H2,1H3,(H,21,24)/t15-/m1/s1. The Bertz CT molecular complexity index is 1060. The first-order valence-electron chi connectivity index (χ1n) is 8.85. The van der Waals surface area contributed by atoms with Gasteiger partial charge in [-0.1, -0.05) is 30.3 Å². The molecule has 7 heteroatoms. The van der Waals surface area contributed by atoms with E-state index in [1.807, 2.05) is 60.4 Å². The van der Waals surface area contributed by atoms with Crippen LogP contribution in [0.2, 0.25) is 0 Å². The Hall–Kier alpha value is -3.22. The Morgan fingerprint density at radius 3 is 2.85 bits per heavy atom. The highest BCUT2D eigenvalue weighted by atomic mass is 15.4. The second-order valence-electron chi connectivity index (χ2n) is 6.64.